The standard InChI is InChI=1S/C30H40O7/c1-11-14-7-8-28(5)22-19-18-16-10-27(4,34)9-15-12(2)25(32)35-21(15)17(16)13(3)20(18)30(22,24(14)36-26(11)33)29(6,37-28)23(19)31/h11-12,14-16,18-24,31,34H,7-10H2,1-6H3. The Balaban J connectivity index is 1.38. The molecule has 5 bridgehead atoms. The fraction of sp³-hybridized carbons (Fsp3) is 0.867. The second kappa shape index (κ2) is 6.47. The molecule has 16 atom stereocenters. The summed E-state index contributed by atoms with van der Waals surface area (Å²) in [6.45, 7) is 12.3. The minimum absolute atomic E-state index is 0.0126. The van der Waals surface area contributed by atoms with E-state index in [2.05, 4.69) is 20.8 Å². The second-order valence-corrected chi connectivity index (χ2v) is 14.8. The van der Waals surface area contributed by atoms with E-state index in [1.807, 2.05) is 20.8 Å². The quantitative estimate of drug-likeness (QED) is 0.380. The Labute approximate surface area is 218 Å². The van der Waals surface area contributed by atoms with Crippen molar-refractivity contribution in [2.75, 3.05) is 0 Å². The number of esters is 2. The van der Waals surface area contributed by atoms with E-state index in [1.165, 1.54) is 11.1 Å². The first-order chi connectivity index (χ1) is 17.3. The number of carbonyl (C=O) groups excluding carboxylic acids is 2. The highest BCUT2D eigenvalue weighted by Crippen LogP contribution is 2.85. The molecule has 8 rings (SSSR count). The van der Waals surface area contributed by atoms with Gasteiger partial charge in [-0.1, -0.05) is 19.4 Å². The van der Waals surface area contributed by atoms with E-state index in [9.17, 15) is 19.8 Å². The number of hydrogen-bond donors (Lipinski definition) is 2. The van der Waals surface area contributed by atoms with Gasteiger partial charge in [0.15, 0.2) is 0 Å². The lowest BCUT2D eigenvalue weighted by Crippen LogP contribution is -2.64. The fourth-order valence-electron chi connectivity index (χ4n) is 12.3. The molecule has 7 fully saturated rings. The molecule has 3 aliphatic heterocycles. The number of aliphatic hydroxyl groups excluding tert-OH is 1. The van der Waals surface area contributed by atoms with Crippen molar-refractivity contribution >= 4 is 11.9 Å². The third-order valence-corrected chi connectivity index (χ3v) is 13.3. The van der Waals surface area contributed by atoms with Crippen molar-refractivity contribution in [3.63, 3.8) is 0 Å². The topological polar surface area (TPSA) is 102 Å². The van der Waals surface area contributed by atoms with Crippen molar-refractivity contribution < 1.29 is 34.0 Å². The summed E-state index contributed by atoms with van der Waals surface area (Å²) in [5, 5.41) is 23.7. The van der Waals surface area contributed by atoms with Crippen molar-refractivity contribution in [2.24, 2.45) is 58.7 Å². The summed E-state index contributed by atoms with van der Waals surface area (Å²) in [6.07, 6.45) is 1.58. The Bertz CT molecular complexity index is 1170. The van der Waals surface area contributed by atoms with E-state index < -0.39 is 22.7 Å². The summed E-state index contributed by atoms with van der Waals surface area (Å²) in [6, 6.07) is 0. The van der Waals surface area contributed by atoms with E-state index in [0.29, 0.717) is 12.8 Å². The van der Waals surface area contributed by atoms with Crippen LogP contribution in [0.1, 0.15) is 67.2 Å². The molecule has 0 aromatic rings. The van der Waals surface area contributed by atoms with Crippen LogP contribution in [0.4, 0.5) is 0 Å². The van der Waals surface area contributed by atoms with E-state index in [4.69, 9.17) is 14.2 Å². The highest BCUT2D eigenvalue weighted by molar-refractivity contribution is 5.76. The van der Waals surface area contributed by atoms with Gasteiger partial charge in [0, 0.05) is 17.8 Å². The molecule has 8 aliphatic rings. The molecule has 0 spiro atoms. The van der Waals surface area contributed by atoms with Crippen LogP contribution in [0.25, 0.3) is 0 Å². The van der Waals surface area contributed by atoms with Gasteiger partial charge in [-0.2, -0.15) is 0 Å². The summed E-state index contributed by atoms with van der Waals surface area (Å²) in [7, 11) is 0. The Hall–Kier alpha value is -1.44. The average molecular weight is 513 g/mol. The molecule has 0 aromatic heterocycles. The molecular weight excluding hydrogens is 472 g/mol. The molecule has 7 heteroatoms. The SMILES string of the molecule is CC1=C2C(CC(C)(O)CC3C(C)C(=O)OC23)C2C3C(O)C4(C)OC5(C)CCC6C(C)C(=O)OC6C4(C12)C35. The molecule has 7 nitrogen and oxygen atoms in total. The Morgan fingerprint density at radius 2 is 1.62 bits per heavy atom. The molecule has 37 heavy (non-hydrogen) atoms. The van der Waals surface area contributed by atoms with E-state index in [0.717, 1.165) is 12.8 Å². The molecule has 5 aliphatic carbocycles. The zero-order valence-corrected chi connectivity index (χ0v) is 22.7. The molecule has 0 radical (unpaired) electrons. The van der Waals surface area contributed by atoms with Crippen LogP contribution < -0.4 is 0 Å². The Kier molecular flexibility index (Phi) is 4.10. The first-order valence-corrected chi connectivity index (χ1v) is 14.5. The Morgan fingerprint density at radius 1 is 0.946 bits per heavy atom. The van der Waals surface area contributed by atoms with Gasteiger partial charge in [-0.25, -0.2) is 0 Å². The predicted octanol–water partition coefficient (Wildman–Crippen LogP) is 3.01. The van der Waals surface area contributed by atoms with Crippen molar-refractivity contribution in [1.29, 1.82) is 0 Å². The van der Waals surface area contributed by atoms with Gasteiger partial charge in [0.1, 0.15) is 17.8 Å². The van der Waals surface area contributed by atoms with Crippen LogP contribution >= 0.6 is 0 Å². The fourth-order valence-corrected chi connectivity index (χ4v) is 12.3. The van der Waals surface area contributed by atoms with Gasteiger partial charge in [-0.15, -0.1) is 0 Å². The van der Waals surface area contributed by atoms with Crippen LogP contribution in [0.15, 0.2) is 11.1 Å². The normalized spacial score (nSPS) is 64.5. The van der Waals surface area contributed by atoms with Gasteiger partial charge >= 0.3 is 11.9 Å². The summed E-state index contributed by atoms with van der Waals surface area (Å²) in [5.74, 6) is -0.421. The maximum atomic E-state index is 13.0. The lowest BCUT2D eigenvalue weighted by Gasteiger charge is -2.55. The second-order valence-electron chi connectivity index (χ2n) is 14.8. The molecule has 16 unspecified atom stereocenters. The predicted molar refractivity (Wildman–Crippen MR) is 131 cm³/mol. The van der Waals surface area contributed by atoms with Crippen LogP contribution in [0.3, 0.4) is 0 Å². The molecule has 0 aromatic carbocycles. The van der Waals surface area contributed by atoms with Crippen LogP contribution in [0, 0.1) is 58.7 Å². The maximum Gasteiger partial charge on any atom is 0.309 e. The van der Waals surface area contributed by atoms with Crippen molar-refractivity contribution in [3.05, 3.63) is 11.1 Å². The first-order valence-electron chi connectivity index (χ1n) is 14.5. The summed E-state index contributed by atoms with van der Waals surface area (Å²) in [4.78, 5) is 25.8. The molecule has 0 amide bonds. The largest absolute Gasteiger partial charge is 0.461 e. The summed E-state index contributed by atoms with van der Waals surface area (Å²) >= 11 is 0. The maximum absolute atomic E-state index is 13.0. The molecule has 4 saturated carbocycles. The monoisotopic (exact) mass is 512 g/mol. The number of carbonyl (C=O) groups is 2. The van der Waals surface area contributed by atoms with E-state index in [-0.39, 0.29) is 83.0 Å². The summed E-state index contributed by atoms with van der Waals surface area (Å²) < 4.78 is 19.4. The number of allylic oxidation sites excluding steroid dienone is 1. The van der Waals surface area contributed by atoms with E-state index >= 15 is 0 Å². The van der Waals surface area contributed by atoms with Crippen molar-refractivity contribution in [3.8, 4) is 0 Å². The Morgan fingerprint density at radius 3 is 2.35 bits per heavy atom. The molecule has 202 valence electrons. The van der Waals surface area contributed by atoms with Crippen molar-refractivity contribution in [1.82, 2.24) is 0 Å². The first kappa shape index (κ1) is 23.4. The van der Waals surface area contributed by atoms with Crippen LogP contribution in [-0.4, -0.2) is 57.3 Å². The number of ether oxygens (including phenoxy) is 3. The third kappa shape index (κ3) is 2.25. The summed E-state index contributed by atoms with van der Waals surface area (Å²) in [5.41, 5.74) is -0.251. The van der Waals surface area contributed by atoms with E-state index in [1.54, 1.807) is 0 Å². The van der Waals surface area contributed by atoms with Gasteiger partial charge in [-0.3, -0.25) is 9.59 Å². The zero-order chi connectivity index (χ0) is 26.2. The van der Waals surface area contributed by atoms with Gasteiger partial charge in [0.25, 0.3) is 0 Å². The van der Waals surface area contributed by atoms with Gasteiger partial charge in [-0.05, 0) is 82.6 Å². The lowest BCUT2D eigenvalue weighted by atomic mass is 9.55. The molecule has 3 heterocycles. The minimum Gasteiger partial charge on any atom is -0.461 e. The zero-order valence-electron chi connectivity index (χ0n) is 22.7. The highest BCUT2D eigenvalue weighted by Gasteiger charge is 2.91. The lowest BCUT2D eigenvalue weighted by molar-refractivity contribution is -0.251. The number of hydrogen-bond acceptors (Lipinski definition) is 7. The van der Waals surface area contributed by atoms with Crippen LogP contribution in [0.5, 0.6) is 0 Å². The van der Waals surface area contributed by atoms with Gasteiger partial charge in [0.05, 0.1) is 34.6 Å². The molecule has 3 saturated heterocycles. The highest BCUT2D eigenvalue weighted by atomic mass is 16.6. The number of fused-ring (bicyclic) bond motifs is 7. The third-order valence-electron chi connectivity index (χ3n) is 13.3. The number of aliphatic hydroxyl groups is 2. The van der Waals surface area contributed by atoms with Crippen LogP contribution in [0.2, 0.25) is 0 Å². The number of rotatable bonds is 0. The average Bonchev–Trinajstić information content (AvgIpc) is 3.50. The van der Waals surface area contributed by atoms with Gasteiger partial charge in [0.2, 0.25) is 0 Å². The molecular formula is C30H40O7. The van der Waals surface area contributed by atoms with Crippen LogP contribution in [-0.2, 0) is 23.8 Å². The molecule has 2 N–H and O–H groups in total. The van der Waals surface area contributed by atoms with Crippen molar-refractivity contribution in [2.45, 2.75) is 102 Å². The smallest absolute Gasteiger partial charge is 0.309 e. The minimum atomic E-state index is -0.927. The van der Waals surface area contributed by atoms with Gasteiger partial charge < -0.3 is 24.4 Å².